The Labute approximate surface area is 124 Å². The third-order valence-corrected chi connectivity index (χ3v) is 3.43. The van der Waals surface area contributed by atoms with Crippen molar-refractivity contribution < 1.29 is 4.79 Å². The van der Waals surface area contributed by atoms with Gasteiger partial charge in [-0.1, -0.05) is 61.0 Å². The molecule has 1 N–H and O–H groups in total. The lowest BCUT2D eigenvalue weighted by atomic mass is 10.0. The van der Waals surface area contributed by atoms with Crippen molar-refractivity contribution in [2.45, 2.75) is 25.8 Å². The molecule has 0 bridgehead atoms. The van der Waals surface area contributed by atoms with Gasteiger partial charge in [-0.05, 0) is 29.7 Å². The molecule has 2 aromatic rings. The topological polar surface area (TPSA) is 29.1 Å². The second-order valence-electron chi connectivity index (χ2n) is 4.75. The number of hydrogen-bond donors (Lipinski definition) is 1. The molecule has 1 amide bonds. The third-order valence-electron chi connectivity index (χ3n) is 3.20. The first-order valence-corrected chi connectivity index (χ1v) is 7.15. The fourth-order valence-corrected chi connectivity index (χ4v) is 2.40. The van der Waals surface area contributed by atoms with Crippen molar-refractivity contribution in [3.05, 3.63) is 70.7 Å². The van der Waals surface area contributed by atoms with Crippen LogP contribution in [0.15, 0.2) is 54.6 Å². The van der Waals surface area contributed by atoms with E-state index in [0.717, 1.165) is 17.5 Å². The molecular weight excluding hydrogens is 270 g/mol. The zero-order valence-corrected chi connectivity index (χ0v) is 12.2. The molecule has 1 atom stereocenters. The number of carbonyl (C=O) groups excluding carboxylic acids is 1. The van der Waals surface area contributed by atoms with E-state index in [2.05, 4.69) is 12.2 Å². The largest absolute Gasteiger partial charge is 0.349 e. The first-order chi connectivity index (χ1) is 9.69. The van der Waals surface area contributed by atoms with Crippen LogP contribution >= 0.6 is 11.6 Å². The molecule has 0 fully saturated rings. The van der Waals surface area contributed by atoms with E-state index in [1.165, 1.54) is 0 Å². The van der Waals surface area contributed by atoms with Crippen LogP contribution in [-0.4, -0.2) is 5.91 Å². The lowest BCUT2D eigenvalue weighted by molar-refractivity contribution is -0.121. The Bertz CT molecular complexity index is 568. The zero-order valence-electron chi connectivity index (χ0n) is 11.5. The molecule has 20 heavy (non-hydrogen) atoms. The summed E-state index contributed by atoms with van der Waals surface area (Å²) in [6.07, 6.45) is 1.22. The van der Waals surface area contributed by atoms with Crippen molar-refractivity contribution in [1.82, 2.24) is 5.32 Å². The van der Waals surface area contributed by atoms with Gasteiger partial charge in [0.2, 0.25) is 5.91 Å². The molecule has 0 aliphatic carbocycles. The van der Waals surface area contributed by atoms with Crippen molar-refractivity contribution in [3.63, 3.8) is 0 Å². The van der Waals surface area contributed by atoms with E-state index >= 15 is 0 Å². The first-order valence-electron chi connectivity index (χ1n) is 6.77. The van der Waals surface area contributed by atoms with Gasteiger partial charge >= 0.3 is 0 Å². The lowest BCUT2D eigenvalue weighted by Crippen LogP contribution is -2.29. The van der Waals surface area contributed by atoms with Gasteiger partial charge in [0.15, 0.2) is 0 Å². The minimum atomic E-state index is 0.0166. The molecule has 0 spiro atoms. The van der Waals surface area contributed by atoms with Gasteiger partial charge < -0.3 is 5.32 Å². The minimum absolute atomic E-state index is 0.0166. The molecule has 104 valence electrons. The van der Waals surface area contributed by atoms with E-state index in [1.807, 2.05) is 54.6 Å². The summed E-state index contributed by atoms with van der Waals surface area (Å²) in [6.45, 7) is 2.07. The summed E-state index contributed by atoms with van der Waals surface area (Å²) in [5, 5.41) is 3.73. The quantitative estimate of drug-likeness (QED) is 0.879. The molecule has 3 heteroatoms. The Morgan fingerprint density at radius 2 is 1.90 bits per heavy atom. The van der Waals surface area contributed by atoms with E-state index in [1.54, 1.807) is 0 Å². The summed E-state index contributed by atoms with van der Waals surface area (Å²) in [7, 11) is 0. The first kappa shape index (κ1) is 14.6. The molecule has 0 aliphatic rings. The van der Waals surface area contributed by atoms with Gasteiger partial charge in [-0.25, -0.2) is 0 Å². The van der Waals surface area contributed by atoms with Crippen molar-refractivity contribution in [3.8, 4) is 0 Å². The average molecular weight is 288 g/mol. The van der Waals surface area contributed by atoms with Crippen LogP contribution in [0.4, 0.5) is 0 Å². The van der Waals surface area contributed by atoms with Gasteiger partial charge in [-0.2, -0.15) is 0 Å². The van der Waals surface area contributed by atoms with E-state index in [9.17, 15) is 4.79 Å². The number of nitrogens with one attached hydrogen (secondary N) is 1. The summed E-state index contributed by atoms with van der Waals surface area (Å²) in [6, 6.07) is 17.5. The smallest absolute Gasteiger partial charge is 0.224 e. The fraction of sp³-hybridized carbons (Fsp3) is 0.235. The Balaban J connectivity index is 2.00. The lowest BCUT2D eigenvalue weighted by Gasteiger charge is -2.17. The summed E-state index contributed by atoms with van der Waals surface area (Å²) in [5.41, 5.74) is 2.06. The molecule has 0 saturated carbocycles. The van der Waals surface area contributed by atoms with Gasteiger partial charge in [-0.15, -0.1) is 0 Å². The van der Waals surface area contributed by atoms with Crippen LogP contribution in [0, 0.1) is 0 Å². The predicted octanol–water partition coefficient (Wildman–Crippen LogP) is 4.15. The molecule has 0 aromatic heterocycles. The fourth-order valence-electron chi connectivity index (χ4n) is 2.18. The number of carbonyl (C=O) groups is 1. The monoisotopic (exact) mass is 287 g/mol. The molecule has 0 radical (unpaired) electrons. The number of amides is 1. The maximum Gasteiger partial charge on any atom is 0.224 e. The molecule has 0 saturated heterocycles. The van der Waals surface area contributed by atoms with Gasteiger partial charge in [0, 0.05) is 5.02 Å². The van der Waals surface area contributed by atoms with Crippen LogP contribution in [-0.2, 0) is 11.2 Å². The van der Waals surface area contributed by atoms with E-state index in [4.69, 9.17) is 11.6 Å². The number of hydrogen-bond acceptors (Lipinski definition) is 1. The summed E-state index contributed by atoms with van der Waals surface area (Å²) >= 11 is 5.93. The highest BCUT2D eigenvalue weighted by Crippen LogP contribution is 2.16. The molecule has 0 aliphatic heterocycles. The summed E-state index contributed by atoms with van der Waals surface area (Å²) < 4.78 is 0. The maximum atomic E-state index is 12.1. The standard InChI is InChI=1S/C17H18ClNO/c1-2-16(14-8-4-3-5-9-14)19-17(20)12-13-7-6-10-15(18)11-13/h3-11,16H,2,12H2,1H3,(H,19,20). The Kier molecular flexibility index (Phi) is 5.19. The normalized spacial score (nSPS) is 11.9. The van der Waals surface area contributed by atoms with Crippen LogP contribution in [0.3, 0.4) is 0 Å². The van der Waals surface area contributed by atoms with Crippen LogP contribution in [0.1, 0.15) is 30.5 Å². The molecule has 0 heterocycles. The summed E-state index contributed by atoms with van der Waals surface area (Å²) in [5.74, 6) is 0.0166. The molecular formula is C17H18ClNO. The Hall–Kier alpha value is -1.80. The Morgan fingerprint density at radius 1 is 1.15 bits per heavy atom. The second kappa shape index (κ2) is 7.11. The van der Waals surface area contributed by atoms with Gasteiger partial charge in [0.05, 0.1) is 12.5 Å². The van der Waals surface area contributed by atoms with Crippen LogP contribution in [0.2, 0.25) is 5.02 Å². The van der Waals surface area contributed by atoms with Crippen molar-refractivity contribution in [2.75, 3.05) is 0 Å². The van der Waals surface area contributed by atoms with E-state index in [-0.39, 0.29) is 11.9 Å². The van der Waals surface area contributed by atoms with Crippen molar-refractivity contribution in [1.29, 1.82) is 0 Å². The van der Waals surface area contributed by atoms with E-state index < -0.39 is 0 Å². The van der Waals surface area contributed by atoms with Crippen LogP contribution < -0.4 is 5.32 Å². The molecule has 1 unspecified atom stereocenters. The van der Waals surface area contributed by atoms with Crippen molar-refractivity contribution >= 4 is 17.5 Å². The highest BCUT2D eigenvalue weighted by atomic mass is 35.5. The maximum absolute atomic E-state index is 12.1. The third kappa shape index (κ3) is 4.10. The molecule has 2 rings (SSSR count). The number of halogens is 1. The zero-order chi connectivity index (χ0) is 14.4. The molecule has 2 nitrogen and oxygen atoms in total. The summed E-state index contributed by atoms with van der Waals surface area (Å²) in [4.78, 5) is 12.1. The Morgan fingerprint density at radius 3 is 2.55 bits per heavy atom. The van der Waals surface area contributed by atoms with Crippen LogP contribution in [0.25, 0.3) is 0 Å². The van der Waals surface area contributed by atoms with Gasteiger partial charge in [0.1, 0.15) is 0 Å². The minimum Gasteiger partial charge on any atom is -0.349 e. The van der Waals surface area contributed by atoms with Crippen LogP contribution in [0.5, 0.6) is 0 Å². The second-order valence-corrected chi connectivity index (χ2v) is 5.18. The predicted molar refractivity (Wildman–Crippen MR) is 82.8 cm³/mol. The van der Waals surface area contributed by atoms with E-state index in [0.29, 0.717) is 11.4 Å². The average Bonchev–Trinajstić information content (AvgIpc) is 2.45. The SMILES string of the molecule is CCC(NC(=O)Cc1cccc(Cl)c1)c1ccccc1. The highest BCUT2D eigenvalue weighted by Gasteiger charge is 2.12. The number of benzene rings is 2. The number of rotatable bonds is 5. The highest BCUT2D eigenvalue weighted by molar-refractivity contribution is 6.30. The van der Waals surface area contributed by atoms with Crippen molar-refractivity contribution in [2.24, 2.45) is 0 Å². The van der Waals surface area contributed by atoms with Gasteiger partial charge in [0.25, 0.3) is 0 Å². The molecule has 2 aromatic carbocycles. The van der Waals surface area contributed by atoms with Gasteiger partial charge in [-0.3, -0.25) is 4.79 Å².